The number of carbonyl (C=O) groups is 2. The van der Waals surface area contributed by atoms with Crippen molar-refractivity contribution < 1.29 is 23.5 Å². The van der Waals surface area contributed by atoms with Gasteiger partial charge in [0.15, 0.2) is 6.10 Å². The van der Waals surface area contributed by atoms with Gasteiger partial charge >= 0.3 is 5.97 Å². The lowest BCUT2D eigenvalue weighted by Gasteiger charge is -2.14. The van der Waals surface area contributed by atoms with Crippen molar-refractivity contribution in [3.63, 3.8) is 0 Å². The number of carbonyl (C=O) groups excluding carboxylic acids is 2. The summed E-state index contributed by atoms with van der Waals surface area (Å²) < 4.78 is 15.6. The van der Waals surface area contributed by atoms with Crippen LogP contribution in [-0.2, 0) is 16.1 Å². The molecule has 6 heteroatoms. The molecule has 1 amide bonds. The molecular formula is C17H19NO5. The first kappa shape index (κ1) is 16.6. The van der Waals surface area contributed by atoms with Gasteiger partial charge in [-0.1, -0.05) is 0 Å². The van der Waals surface area contributed by atoms with Gasteiger partial charge in [-0.3, -0.25) is 4.79 Å². The SMILES string of the molecule is CCOC(=O)c1ccc(O[C@@H](C)C(=O)NCc2ccco2)cc1. The number of nitrogens with one attached hydrogen (secondary N) is 1. The number of furan rings is 1. The summed E-state index contributed by atoms with van der Waals surface area (Å²) in [6.45, 7) is 4.03. The van der Waals surface area contributed by atoms with Crippen molar-refractivity contribution in [2.24, 2.45) is 0 Å². The normalized spacial score (nSPS) is 11.6. The van der Waals surface area contributed by atoms with Crippen molar-refractivity contribution in [3.8, 4) is 5.75 Å². The van der Waals surface area contributed by atoms with Crippen molar-refractivity contribution >= 4 is 11.9 Å². The molecule has 0 radical (unpaired) electrons. The minimum absolute atomic E-state index is 0.254. The highest BCUT2D eigenvalue weighted by Gasteiger charge is 2.15. The molecule has 2 rings (SSSR count). The van der Waals surface area contributed by atoms with Gasteiger partial charge in [-0.05, 0) is 50.2 Å². The van der Waals surface area contributed by atoms with E-state index in [0.717, 1.165) is 0 Å². The summed E-state index contributed by atoms with van der Waals surface area (Å²) in [7, 11) is 0. The second-order valence-electron chi connectivity index (χ2n) is 4.80. The van der Waals surface area contributed by atoms with Crippen LogP contribution in [0.25, 0.3) is 0 Å². The number of rotatable bonds is 7. The first-order chi connectivity index (χ1) is 11.1. The van der Waals surface area contributed by atoms with Crippen LogP contribution >= 0.6 is 0 Å². The van der Waals surface area contributed by atoms with Crippen LogP contribution in [0, 0.1) is 0 Å². The fourth-order valence-corrected chi connectivity index (χ4v) is 1.87. The van der Waals surface area contributed by atoms with Gasteiger partial charge < -0.3 is 19.2 Å². The standard InChI is InChI=1S/C17H19NO5/c1-3-21-17(20)13-6-8-14(9-7-13)23-12(2)16(19)18-11-15-5-4-10-22-15/h4-10,12H,3,11H2,1-2H3,(H,18,19)/t12-/m0/s1. The van der Waals surface area contributed by atoms with Crippen molar-refractivity contribution in [2.45, 2.75) is 26.5 Å². The van der Waals surface area contributed by atoms with Crippen LogP contribution in [0.2, 0.25) is 0 Å². The van der Waals surface area contributed by atoms with Crippen LogP contribution in [0.4, 0.5) is 0 Å². The zero-order chi connectivity index (χ0) is 16.7. The summed E-state index contributed by atoms with van der Waals surface area (Å²) in [5.41, 5.74) is 0.439. The predicted molar refractivity (Wildman–Crippen MR) is 83.0 cm³/mol. The Labute approximate surface area is 134 Å². The zero-order valence-corrected chi connectivity index (χ0v) is 13.1. The summed E-state index contributed by atoms with van der Waals surface area (Å²) >= 11 is 0. The van der Waals surface area contributed by atoms with E-state index in [4.69, 9.17) is 13.9 Å². The van der Waals surface area contributed by atoms with E-state index >= 15 is 0 Å². The lowest BCUT2D eigenvalue weighted by molar-refractivity contribution is -0.127. The Morgan fingerprint density at radius 3 is 2.57 bits per heavy atom. The van der Waals surface area contributed by atoms with Crippen LogP contribution in [0.15, 0.2) is 47.1 Å². The molecule has 0 bridgehead atoms. The Kier molecular flexibility index (Phi) is 5.80. The van der Waals surface area contributed by atoms with Crippen LogP contribution in [-0.4, -0.2) is 24.6 Å². The average molecular weight is 317 g/mol. The third kappa shape index (κ3) is 4.88. The molecule has 1 aromatic carbocycles. The van der Waals surface area contributed by atoms with Crippen molar-refractivity contribution in [1.82, 2.24) is 5.32 Å². The van der Waals surface area contributed by atoms with Crippen LogP contribution in [0.3, 0.4) is 0 Å². The fourth-order valence-electron chi connectivity index (χ4n) is 1.87. The molecule has 0 aliphatic heterocycles. The maximum Gasteiger partial charge on any atom is 0.338 e. The molecular weight excluding hydrogens is 298 g/mol. The van der Waals surface area contributed by atoms with E-state index in [0.29, 0.717) is 30.2 Å². The van der Waals surface area contributed by atoms with Gasteiger partial charge in [0.05, 0.1) is 25.0 Å². The number of hydrogen-bond acceptors (Lipinski definition) is 5. The number of amides is 1. The molecule has 1 atom stereocenters. The van der Waals surface area contributed by atoms with Gasteiger partial charge in [-0.15, -0.1) is 0 Å². The number of hydrogen-bond donors (Lipinski definition) is 1. The predicted octanol–water partition coefficient (Wildman–Crippen LogP) is 2.54. The van der Waals surface area contributed by atoms with E-state index in [1.165, 1.54) is 0 Å². The van der Waals surface area contributed by atoms with Crippen molar-refractivity contribution in [2.75, 3.05) is 6.61 Å². The minimum Gasteiger partial charge on any atom is -0.481 e. The molecule has 0 aliphatic rings. The van der Waals surface area contributed by atoms with Gasteiger partial charge in [0, 0.05) is 0 Å². The van der Waals surface area contributed by atoms with Gasteiger partial charge in [0.2, 0.25) is 0 Å². The topological polar surface area (TPSA) is 77.8 Å². The molecule has 1 heterocycles. The highest BCUT2D eigenvalue weighted by atomic mass is 16.5. The highest BCUT2D eigenvalue weighted by molar-refractivity contribution is 5.89. The third-order valence-corrected chi connectivity index (χ3v) is 3.06. The molecule has 6 nitrogen and oxygen atoms in total. The molecule has 0 aliphatic carbocycles. The van der Waals surface area contributed by atoms with Gasteiger partial charge in [-0.25, -0.2) is 4.79 Å². The largest absolute Gasteiger partial charge is 0.481 e. The van der Waals surface area contributed by atoms with Crippen molar-refractivity contribution in [3.05, 3.63) is 54.0 Å². The van der Waals surface area contributed by atoms with E-state index in [-0.39, 0.29) is 11.9 Å². The van der Waals surface area contributed by atoms with E-state index < -0.39 is 6.10 Å². The van der Waals surface area contributed by atoms with Gasteiger partial charge in [0.1, 0.15) is 11.5 Å². The Balaban J connectivity index is 1.85. The van der Waals surface area contributed by atoms with E-state index in [1.807, 2.05) is 0 Å². The molecule has 122 valence electrons. The highest BCUT2D eigenvalue weighted by Crippen LogP contribution is 2.15. The first-order valence-corrected chi connectivity index (χ1v) is 7.34. The molecule has 0 spiro atoms. The van der Waals surface area contributed by atoms with Gasteiger partial charge in [0.25, 0.3) is 5.91 Å². The summed E-state index contributed by atoms with van der Waals surface area (Å²) in [6.07, 6.45) is 0.880. The lowest BCUT2D eigenvalue weighted by atomic mass is 10.2. The summed E-state index contributed by atoms with van der Waals surface area (Å²) in [6, 6.07) is 9.99. The summed E-state index contributed by atoms with van der Waals surface area (Å²) in [5.74, 6) is 0.530. The quantitative estimate of drug-likeness (QED) is 0.794. The van der Waals surface area contributed by atoms with E-state index in [1.54, 1.807) is 56.5 Å². The maximum absolute atomic E-state index is 12.0. The number of ether oxygens (including phenoxy) is 2. The second-order valence-corrected chi connectivity index (χ2v) is 4.80. The summed E-state index contributed by atoms with van der Waals surface area (Å²) in [4.78, 5) is 23.5. The lowest BCUT2D eigenvalue weighted by Crippen LogP contribution is -2.35. The monoisotopic (exact) mass is 317 g/mol. The van der Waals surface area contributed by atoms with E-state index in [9.17, 15) is 9.59 Å². The third-order valence-electron chi connectivity index (χ3n) is 3.06. The van der Waals surface area contributed by atoms with Crippen LogP contribution in [0.1, 0.15) is 30.0 Å². The average Bonchev–Trinajstić information content (AvgIpc) is 3.07. The smallest absolute Gasteiger partial charge is 0.338 e. The minimum atomic E-state index is -0.668. The number of benzene rings is 1. The van der Waals surface area contributed by atoms with Gasteiger partial charge in [-0.2, -0.15) is 0 Å². The molecule has 1 N–H and O–H groups in total. The Bertz CT molecular complexity index is 634. The molecule has 0 fully saturated rings. The fraction of sp³-hybridized carbons (Fsp3) is 0.294. The first-order valence-electron chi connectivity index (χ1n) is 7.34. The van der Waals surface area contributed by atoms with Crippen LogP contribution < -0.4 is 10.1 Å². The Morgan fingerprint density at radius 2 is 1.96 bits per heavy atom. The molecule has 23 heavy (non-hydrogen) atoms. The van der Waals surface area contributed by atoms with Crippen LogP contribution in [0.5, 0.6) is 5.75 Å². The molecule has 0 saturated carbocycles. The second kappa shape index (κ2) is 8.03. The maximum atomic E-state index is 12.0. The zero-order valence-electron chi connectivity index (χ0n) is 13.1. The Morgan fingerprint density at radius 1 is 1.22 bits per heavy atom. The molecule has 1 aromatic heterocycles. The molecule has 0 saturated heterocycles. The molecule has 2 aromatic rings. The number of esters is 1. The summed E-state index contributed by atoms with van der Waals surface area (Å²) in [5, 5.41) is 2.72. The molecule has 0 unspecified atom stereocenters. The Hall–Kier alpha value is -2.76. The van der Waals surface area contributed by atoms with Crippen molar-refractivity contribution in [1.29, 1.82) is 0 Å². The van der Waals surface area contributed by atoms with E-state index in [2.05, 4.69) is 5.32 Å².